The van der Waals surface area contributed by atoms with E-state index < -0.39 is 0 Å². The Morgan fingerprint density at radius 1 is 1.40 bits per heavy atom. The number of benzene rings is 1. The van der Waals surface area contributed by atoms with Gasteiger partial charge in [0, 0.05) is 10.6 Å². The van der Waals surface area contributed by atoms with E-state index in [1.54, 1.807) is 24.3 Å². The lowest BCUT2D eigenvalue weighted by Crippen LogP contribution is -2.25. The molecule has 5 nitrogen and oxygen atoms in total. The number of aromatic nitrogens is 1. The zero-order chi connectivity index (χ0) is 14.7. The molecule has 0 spiro atoms. The van der Waals surface area contributed by atoms with Crippen molar-refractivity contribution in [2.24, 2.45) is 0 Å². The molecule has 1 N–H and O–H groups in total. The molecule has 1 aromatic heterocycles. The van der Waals surface area contributed by atoms with E-state index in [-0.39, 0.29) is 17.3 Å². The van der Waals surface area contributed by atoms with Crippen molar-refractivity contribution in [3.8, 4) is 6.07 Å². The Morgan fingerprint density at radius 2 is 2.10 bits per heavy atom. The third kappa shape index (κ3) is 2.78. The van der Waals surface area contributed by atoms with Crippen LogP contribution in [0, 0.1) is 25.2 Å². The van der Waals surface area contributed by atoms with Crippen LogP contribution in [0.3, 0.4) is 0 Å². The lowest BCUT2D eigenvalue weighted by atomic mass is 10.2. The molecule has 0 fully saturated rings. The normalized spacial score (nSPS) is 10.1. The molecule has 2 aromatic rings. The van der Waals surface area contributed by atoms with Crippen molar-refractivity contribution >= 4 is 22.9 Å². The van der Waals surface area contributed by atoms with Gasteiger partial charge >= 0.3 is 4.87 Å². The van der Waals surface area contributed by atoms with Crippen molar-refractivity contribution in [1.29, 1.82) is 5.26 Å². The highest BCUT2D eigenvalue weighted by Crippen LogP contribution is 2.14. The largest absolute Gasteiger partial charge is 0.323 e. The van der Waals surface area contributed by atoms with Gasteiger partial charge < -0.3 is 5.32 Å². The molecule has 0 unspecified atom stereocenters. The minimum atomic E-state index is -0.323. The maximum Gasteiger partial charge on any atom is 0.308 e. The van der Waals surface area contributed by atoms with E-state index in [0.29, 0.717) is 11.3 Å². The van der Waals surface area contributed by atoms with E-state index in [2.05, 4.69) is 5.32 Å². The minimum Gasteiger partial charge on any atom is -0.323 e. The average Bonchev–Trinajstić information content (AvgIpc) is 2.66. The van der Waals surface area contributed by atoms with Crippen LogP contribution >= 0.6 is 11.3 Å². The summed E-state index contributed by atoms with van der Waals surface area (Å²) in [6.07, 6.45) is 0. The predicted octanol–water partition coefficient (Wildman–Crippen LogP) is 2.04. The fourth-order valence-electron chi connectivity index (χ4n) is 1.79. The summed E-state index contributed by atoms with van der Waals surface area (Å²) in [4.78, 5) is 24.5. The van der Waals surface area contributed by atoms with Crippen LogP contribution in [0.4, 0.5) is 5.69 Å². The number of amides is 1. The van der Waals surface area contributed by atoms with Gasteiger partial charge in [0.15, 0.2) is 0 Å². The van der Waals surface area contributed by atoms with Gasteiger partial charge in [0.2, 0.25) is 5.91 Å². The summed E-state index contributed by atoms with van der Waals surface area (Å²) in [6.45, 7) is 3.61. The zero-order valence-corrected chi connectivity index (χ0v) is 12.0. The van der Waals surface area contributed by atoms with Crippen molar-refractivity contribution < 1.29 is 4.79 Å². The van der Waals surface area contributed by atoms with Crippen molar-refractivity contribution in [1.82, 2.24) is 4.57 Å². The Balaban J connectivity index is 2.18. The number of anilines is 1. The summed E-state index contributed by atoms with van der Waals surface area (Å²) in [6, 6.07) is 8.76. The molecule has 0 saturated carbocycles. The molecule has 102 valence electrons. The van der Waals surface area contributed by atoms with Crippen LogP contribution < -0.4 is 10.2 Å². The Kier molecular flexibility index (Phi) is 4.01. The monoisotopic (exact) mass is 287 g/mol. The highest BCUT2D eigenvalue weighted by atomic mass is 32.1. The van der Waals surface area contributed by atoms with E-state index in [1.165, 1.54) is 4.57 Å². The molecule has 0 atom stereocenters. The van der Waals surface area contributed by atoms with Gasteiger partial charge in [-0.25, -0.2) is 0 Å². The van der Waals surface area contributed by atoms with Crippen molar-refractivity contribution in [3.63, 3.8) is 0 Å². The van der Waals surface area contributed by atoms with Crippen molar-refractivity contribution in [2.45, 2.75) is 20.4 Å². The molecule has 2 rings (SSSR count). The Morgan fingerprint density at radius 3 is 2.70 bits per heavy atom. The number of nitrogens with zero attached hydrogens (tertiary/aromatic N) is 2. The molecule has 0 bridgehead atoms. The SMILES string of the molecule is Cc1sc(=O)n(CC(=O)Nc2ccccc2C#N)c1C. The van der Waals surface area contributed by atoms with Gasteiger partial charge in [-0.15, -0.1) is 0 Å². The fourth-order valence-corrected chi connectivity index (χ4v) is 2.62. The summed E-state index contributed by atoms with van der Waals surface area (Å²) in [5.74, 6) is -0.323. The average molecular weight is 287 g/mol. The van der Waals surface area contributed by atoms with E-state index in [4.69, 9.17) is 5.26 Å². The second-order valence-corrected chi connectivity index (χ2v) is 5.47. The molecule has 0 aliphatic heterocycles. The number of aryl methyl sites for hydroxylation is 1. The van der Waals surface area contributed by atoms with Gasteiger partial charge in [-0.05, 0) is 26.0 Å². The molecule has 0 aliphatic rings. The highest BCUT2D eigenvalue weighted by molar-refractivity contribution is 7.09. The first kappa shape index (κ1) is 14.0. The van der Waals surface area contributed by atoms with E-state index in [0.717, 1.165) is 21.9 Å². The molecule has 1 heterocycles. The highest BCUT2D eigenvalue weighted by Gasteiger charge is 2.12. The number of nitriles is 1. The van der Waals surface area contributed by atoms with Gasteiger partial charge in [0.1, 0.15) is 12.6 Å². The number of thiazole rings is 1. The molecule has 0 aliphatic carbocycles. The maximum atomic E-state index is 12.0. The number of hydrogen-bond donors (Lipinski definition) is 1. The lowest BCUT2D eigenvalue weighted by Gasteiger charge is -2.08. The number of rotatable bonds is 3. The molecule has 0 saturated heterocycles. The summed E-state index contributed by atoms with van der Waals surface area (Å²) < 4.78 is 1.43. The standard InChI is InChI=1S/C14H13N3O2S/c1-9-10(2)20-14(19)17(9)8-13(18)16-12-6-4-3-5-11(12)7-15/h3-6H,8H2,1-2H3,(H,16,18). The molecule has 1 aromatic carbocycles. The summed E-state index contributed by atoms with van der Waals surface area (Å²) in [5, 5.41) is 11.6. The van der Waals surface area contributed by atoms with Crippen LogP contribution in [0.5, 0.6) is 0 Å². The first-order chi connectivity index (χ1) is 9.52. The quantitative estimate of drug-likeness (QED) is 0.938. The number of hydrogen-bond acceptors (Lipinski definition) is 4. The van der Waals surface area contributed by atoms with Crippen LogP contribution in [0.25, 0.3) is 0 Å². The number of carbonyl (C=O) groups excluding carboxylic acids is 1. The van der Waals surface area contributed by atoms with Gasteiger partial charge in [-0.2, -0.15) is 5.26 Å². The van der Waals surface area contributed by atoms with Gasteiger partial charge in [-0.3, -0.25) is 14.2 Å². The van der Waals surface area contributed by atoms with Crippen molar-refractivity contribution in [3.05, 3.63) is 50.1 Å². The smallest absolute Gasteiger partial charge is 0.308 e. The Labute approximate surface area is 120 Å². The van der Waals surface area contributed by atoms with E-state index >= 15 is 0 Å². The first-order valence-corrected chi connectivity index (χ1v) is 6.80. The van der Waals surface area contributed by atoms with Gasteiger partial charge in [0.25, 0.3) is 0 Å². The van der Waals surface area contributed by atoms with Crippen LogP contribution in [0.1, 0.15) is 16.1 Å². The molecular formula is C14H13N3O2S. The second kappa shape index (κ2) is 5.72. The third-order valence-electron chi connectivity index (χ3n) is 3.00. The molecule has 6 heteroatoms. The topological polar surface area (TPSA) is 74.9 Å². The molecule has 0 radical (unpaired) electrons. The molecule has 20 heavy (non-hydrogen) atoms. The maximum absolute atomic E-state index is 12.0. The zero-order valence-electron chi connectivity index (χ0n) is 11.1. The first-order valence-electron chi connectivity index (χ1n) is 5.98. The Bertz CT molecular complexity index is 753. The predicted molar refractivity (Wildman–Crippen MR) is 77.8 cm³/mol. The number of nitrogens with one attached hydrogen (secondary N) is 1. The van der Waals surface area contributed by atoms with Crippen molar-refractivity contribution in [2.75, 3.05) is 5.32 Å². The van der Waals surface area contributed by atoms with Crippen LogP contribution in [0.15, 0.2) is 29.1 Å². The molecular weight excluding hydrogens is 274 g/mol. The van der Waals surface area contributed by atoms with Crippen LogP contribution in [0.2, 0.25) is 0 Å². The van der Waals surface area contributed by atoms with Gasteiger partial charge in [0.05, 0.1) is 11.3 Å². The van der Waals surface area contributed by atoms with E-state index in [1.807, 2.05) is 19.9 Å². The fraction of sp³-hybridized carbons (Fsp3) is 0.214. The number of carbonyl (C=O) groups is 1. The van der Waals surface area contributed by atoms with Gasteiger partial charge in [-0.1, -0.05) is 23.5 Å². The Hall–Kier alpha value is -2.39. The number of para-hydroxylation sites is 1. The minimum absolute atomic E-state index is 0.0469. The summed E-state index contributed by atoms with van der Waals surface area (Å²) in [7, 11) is 0. The summed E-state index contributed by atoms with van der Waals surface area (Å²) in [5.41, 5.74) is 1.65. The van der Waals surface area contributed by atoms with E-state index in [9.17, 15) is 9.59 Å². The van der Waals surface area contributed by atoms with Crippen LogP contribution in [-0.4, -0.2) is 10.5 Å². The van der Waals surface area contributed by atoms with Crippen LogP contribution in [-0.2, 0) is 11.3 Å². The molecule has 1 amide bonds. The third-order valence-corrected chi connectivity index (χ3v) is 4.00. The lowest BCUT2D eigenvalue weighted by molar-refractivity contribution is -0.116. The summed E-state index contributed by atoms with van der Waals surface area (Å²) >= 11 is 1.13. The second-order valence-electron chi connectivity index (χ2n) is 4.30.